The molecule has 0 aliphatic heterocycles. The highest BCUT2D eigenvalue weighted by molar-refractivity contribution is 4.99. The van der Waals surface area contributed by atoms with Gasteiger partial charge in [0, 0.05) is 11.9 Å². The van der Waals surface area contributed by atoms with Gasteiger partial charge in [0.2, 0.25) is 0 Å². The molecule has 0 unspecified atom stereocenters. The fourth-order valence-electron chi connectivity index (χ4n) is 1.12. The van der Waals surface area contributed by atoms with Crippen LogP contribution in [0.25, 0.3) is 0 Å². The third-order valence-corrected chi connectivity index (χ3v) is 2.15. The molecule has 80 valence electrons. The van der Waals surface area contributed by atoms with Gasteiger partial charge < -0.3 is 4.90 Å². The maximum Gasteiger partial charge on any atom is 0.0372 e. The molecule has 0 aromatic carbocycles. The summed E-state index contributed by atoms with van der Waals surface area (Å²) in [6, 6.07) is 5.86. The van der Waals surface area contributed by atoms with Crippen molar-refractivity contribution in [1.29, 1.82) is 0 Å². The van der Waals surface area contributed by atoms with Crippen LogP contribution in [0.1, 0.15) is 26.5 Å². The van der Waals surface area contributed by atoms with Gasteiger partial charge in [-0.05, 0) is 38.7 Å². The molecule has 1 rings (SSSR count). The minimum absolute atomic E-state index is 1.07. The SMILES string of the molecule is CCN(CC)CC.Cc1ccccn1. The Kier molecular flexibility index (Phi) is 8.14. The molecule has 0 fully saturated rings. The number of nitrogens with zero attached hydrogens (tertiary/aromatic N) is 2. The summed E-state index contributed by atoms with van der Waals surface area (Å²) in [6.45, 7) is 12.1. The fraction of sp³-hybridized carbons (Fsp3) is 0.583. The summed E-state index contributed by atoms with van der Waals surface area (Å²) >= 11 is 0. The van der Waals surface area contributed by atoms with E-state index in [0.717, 1.165) is 5.69 Å². The maximum atomic E-state index is 3.98. The Hall–Kier alpha value is -0.890. The van der Waals surface area contributed by atoms with E-state index in [1.54, 1.807) is 6.20 Å². The van der Waals surface area contributed by atoms with Gasteiger partial charge in [0.25, 0.3) is 0 Å². The Labute approximate surface area is 88.0 Å². The van der Waals surface area contributed by atoms with Crippen molar-refractivity contribution in [3.05, 3.63) is 30.1 Å². The molecule has 0 N–H and O–H groups in total. The second kappa shape index (κ2) is 8.70. The van der Waals surface area contributed by atoms with Crippen LogP contribution < -0.4 is 0 Å². The van der Waals surface area contributed by atoms with E-state index in [4.69, 9.17) is 0 Å². The Morgan fingerprint density at radius 2 is 1.64 bits per heavy atom. The van der Waals surface area contributed by atoms with Crippen LogP contribution in [-0.2, 0) is 0 Å². The lowest BCUT2D eigenvalue weighted by Gasteiger charge is -2.13. The first-order valence-corrected chi connectivity index (χ1v) is 5.34. The zero-order chi connectivity index (χ0) is 10.8. The second-order valence-electron chi connectivity index (χ2n) is 3.09. The van der Waals surface area contributed by atoms with Gasteiger partial charge in [-0.25, -0.2) is 0 Å². The molecule has 2 nitrogen and oxygen atoms in total. The number of rotatable bonds is 3. The molecule has 0 amide bonds. The molecule has 14 heavy (non-hydrogen) atoms. The van der Waals surface area contributed by atoms with E-state index in [1.807, 2.05) is 25.1 Å². The summed E-state index contributed by atoms with van der Waals surface area (Å²) in [5.74, 6) is 0. The highest BCUT2D eigenvalue weighted by Crippen LogP contribution is 1.86. The molecule has 0 atom stereocenters. The van der Waals surface area contributed by atoms with Crippen molar-refractivity contribution < 1.29 is 0 Å². The maximum absolute atomic E-state index is 3.98. The van der Waals surface area contributed by atoms with Crippen molar-refractivity contribution in [3.63, 3.8) is 0 Å². The number of hydrogen-bond donors (Lipinski definition) is 0. The van der Waals surface area contributed by atoms with Crippen LogP contribution in [0.2, 0.25) is 0 Å². The quantitative estimate of drug-likeness (QED) is 0.735. The Balaban J connectivity index is 0.000000241. The highest BCUT2D eigenvalue weighted by atomic mass is 15.1. The third kappa shape index (κ3) is 6.61. The summed E-state index contributed by atoms with van der Waals surface area (Å²) in [7, 11) is 0. The molecule has 0 radical (unpaired) electrons. The van der Waals surface area contributed by atoms with E-state index >= 15 is 0 Å². The van der Waals surface area contributed by atoms with Crippen LogP contribution in [0.5, 0.6) is 0 Å². The molecule has 0 aliphatic rings. The van der Waals surface area contributed by atoms with Crippen molar-refractivity contribution in [3.8, 4) is 0 Å². The summed E-state index contributed by atoms with van der Waals surface area (Å²) in [4.78, 5) is 6.35. The lowest BCUT2D eigenvalue weighted by atomic mass is 10.4. The monoisotopic (exact) mass is 194 g/mol. The molecule has 0 spiro atoms. The third-order valence-electron chi connectivity index (χ3n) is 2.15. The highest BCUT2D eigenvalue weighted by Gasteiger charge is 1.89. The van der Waals surface area contributed by atoms with Crippen LogP contribution in [0.4, 0.5) is 0 Å². The van der Waals surface area contributed by atoms with Gasteiger partial charge in [-0.2, -0.15) is 0 Å². The second-order valence-corrected chi connectivity index (χ2v) is 3.09. The summed E-state index contributed by atoms with van der Waals surface area (Å²) in [6.07, 6.45) is 1.79. The summed E-state index contributed by atoms with van der Waals surface area (Å²) in [5.41, 5.74) is 1.07. The van der Waals surface area contributed by atoms with E-state index in [2.05, 4.69) is 30.7 Å². The average Bonchev–Trinajstić information content (AvgIpc) is 2.22. The predicted octanol–water partition coefficient (Wildman–Crippen LogP) is 2.74. The summed E-state index contributed by atoms with van der Waals surface area (Å²) < 4.78 is 0. The van der Waals surface area contributed by atoms with E-state index in [9.17, 15) is 0 Å². The molecule has 0 aliphatic carbocycles. The largest absolute Gasteiger partial charge is 0.304 e. The average molecular weight is 194 g/mol. The zero-order valence-corrected chi connectivity index (χ0v) is 9.83. The minimum Gasteiger partial charge on any atom is -0.304 e. The van der Waals surface area contributed by atoms with Gasteiger partial charge in [-0.3, -0.25) is 4.98 Å². The first-order chi connectivity index (χ1) is 6.74. The van der Waals surface area contributed by atoms with Crippen LogP contribution in [0, 0.1) is 6.92 Å². The topological polar surface area (TPSA) is 16.1 Å². The van der Waals surface area contributed by atoms with Gasteiger partial charge in [-0.1, -0.05) is 26.8 Å². The van der Waals surface area contributed by atoms with Gasteiger partial charge in [0.1, 0.15) is 0 Å². The Morgan fingerprint density at radius 3 is 1.79 bits per heavy atom. The molecule has 2 heteroatoms. The summed E-state index contributed by atoms with van der Waals surface area (Å²) in [5, 5.41) is 0. The van der Waals surface area contributed by atoms with Gasteiger partial charge in [0.15, 0.2) is 0 Å². The molecular weight excluding hydrogens is 172 g/mol. The van der Waals surface area contributed by atoms with E-state index in [0.29, 0.717) is 0 Å². The number of aryl methyl sites for hydroxylation is 1. The van der Waals surface area contributed by atoms with E-state index < -0.39 is 0 Å². The smallest absolute Gasteiger partial charge is 0.0372 e. The number of aromatic nitrogens is 1. The van der Waals surface area contributed by atoms with Crippen LogP contribution in [0.15, 0.2) is 24.4 Å². The van der Waals surface area contributed by atoms with Gasteiger partial charge in [0.05, 0.1) is 0 Å². The van der Waals surface area contributed by atoms with E-state index in [-0.39, 0.29) is 0 Å². The van der Waals surface area contributed by atoms with Gasteiger partial charge >= 0.3 is 0 Å². The molecule has 1 heterocycles. The van der Waals surface area contributed by atoms with E-state index in [1.165, 1.54) is 19.6 Å². The molecule has 1 aromatic rings. The molecule has 0 saturated heterocycles. The van der Waals surface area contributed by atoms with Crippen LogP contribution in [0.3, 0.4) is 0 Å². The van der Waals surface area contributed by atoms with Crippen molar-refractivity contribution in [2.45, 2.75) is 27.7 Å². The Morgan fingerprint density at radius 1 is 1.07 bits per heavy atom. The number of hydrogen-bond acceptors (Lipinski definition) is 2. The van der Waals surface area contributed by atoms with Crippen LogP contribution in [-0.4, -0.2) is 29.5 Å². The predicted molar refractivity (Wildman–Crippen MR) is 62.4 cm³/mol. The standard InChI is InChI=1S/C6H7N.C6H15N/c1-6-4-2-3-5-7-6;1-4-7(5-2)6-3/h2-5H,1H3;4-6H2,1-3H3. The fourth-order valence-corrected chi connectivity index (χ4v) is 1.12. The lowest BCUT2D eigenvalue weighted by molar-refractivity contribution is 0.321. The lowest BCUT2D eigenvalue weighted by Crippen LogP contribution is -2.21. The minimum atomic E-state index is 1.07. The van der Waals surface area contributed by atoms with Crippen LogP contribution >= 0.6 is 0 Å². The van der Waals surface area contributed by atoms with Crippen molar-refractivity contribution in [1.82, 2.24) is 9.88 Å². The zero-order valence-electron chi connectivity index (χ0n) is 9.83. The van der Waals surface area contributed by atoms with Gasteiger partial charge in [-0.15, -0.1) is 0 Å². The number of pyridine rings is 1. The normalized spacial score (nSPS) is 9.50. The molecule has 0 bridgehead atoms. The Bertz CT molecular complexity index is 199. The first kappa shape index (κ1) is 13.1. The van der Waals surface area contributed by atoms with Crippen molar-refractivity contribution in [2.75, 3.05) is 19.6 Å². The van der Waals surface area contributed by atoms with Crippen molar-refractivity contribution >= 4 is 0 Å². The first-order valence-electron chi connectivity index (χ1n) is 5.34. The molecule has 0 saturated carbocycles. The molecule has 1 aromatic heterocycles. The molecular formula is C12H22N2. The van der Waals surface area contributed by atoms with Crippen molar-refractivity contribution in [2.24, 2.45) is 0 Å².